The summed E-state index contributed by atoms with van der Waals surface area (Å²) >= 11 is 0. The molecule has 0 amide bonds. The molecule has 7 aromatic rings. The highest BCUT2D eigenvalue weighted by atomic mass is 28.3. The van der Waals surface area contributed by atoms with Gasteiger partial charge in [0.25, 0.3) is 0 Å². The third-order valence-electron chi connectivity index (χ3n) is 8.10. The Labute approximate surface area is 260 Å². The SMILES string of the molecule is C[Si](C)(C)c1ccc(-c2cccc(-c3cccc(-c4nc(-c5ccccc5)nc(-c5cccc6ccccc56)n4)c3)c2)cc1. The second-order valence-corrected chi connectivity index (χ2v) is 17.3. The summed E-state index contributed by atoms with van der Waals surface area (Å²) in [5.41, 5.74) is 7.62. The molecule has 0 atom stereocenters. The smallest absolute Gasteiger partial charge is 0.164 e. The number of hydrogen-bond acceptors (Lipinski definition) is 3. The van der Waals surface area contributed by atoms with Crippen LogP contribution in [0.1, 0.15) is 0 Å². The average Bonchev–Trinajstić information content (AvgIpc) is 3.08. The van der Waals surface area contributed by atoms with E-state index >= 15 is 0 Å². The van der Waals surface area contributed by atoms with Crippen molar-refractivity contribution in [1.29, 1.82) is 0 Å². The third-order valence-corrected chi connectivity index (χ3v) is 10.2. The van der Waals surface area contributed by atoms with Crippen molar-refractivity contribution in [3.05, 3.63) is 146 Å². The lowest BCUT2D eigenvalue weighted by atomic mass is 9.98. The van der Waals surface area contributed by atoms with Crippen molar-refractivity contribution in [2.75, 3.05) is 0 Å². The fourth-order valence-electron chi connectivity index (χ4n) is 5.64. The molecule has 0 unspecified atom stereocenters. The summed E-state index contributed by atoms with van der Waals surface area (Å²) in [6.07, 6.45) is 0. The summed E-state index contributed by atoms with van der Waals surface area (Å²) in [6.45, 7) is 7.15. The molecule has 212 valence electrons. The van der Waals surface area contributed by atoms with Gasteiger partial charge in [-0.1, -0.05) is 158 Å². The maximum Gasteiger partial charge on any atom is 0.164 e. The van der Waals surface area contributed by atoms with E-state index in [-0.39, 0.29) is 0 Å². The largest absolute Gasteiger partial charge is 0.208 e. The highest BCUT2D eigenvalue weighted by molar-refractivity contribution is 6.88. The maximum atomic E-state index is 5.06. The summed E-state index contributed by atoms with van der Waals surface area (Å²) in [5.74, 6) is 1.98. The van der Waals surface area contributed by atoms with E-state index in [1.165, 1.54) is 16.3 Å². The van der Waals surface area contributed by atoms with Crippen LogP contribution in [0.25, 0.3) is 67.2 Å². The van der Waals surface area contributed by atoms with Crippen LogP contribution < -0.4 is 5.19 Å². The van der Waals surface area contributed by atoms with Crippen molar-refractivity contribution in [2.24, 2.45) is 0 Å². The minimum Gasteiger partial charge on any atom is -0.208 e. The first-order valence-corrected chi connectivity index (χ1v) is 18.5. The number of rotatable bonds is 6. The van der Waals surface area contributed by atoms with Gasteiger partial charge in [-0.3, -0.25) is 0 Å². The van der Waals surface area contributed by atoms with E-state index in [9.17, 15) is 0 Å². The van der Waals surface area contributed by atoms with Crippen LogP contribution in [-0.2, 0) is 0 Å². The molecule has 0 fully saturated rings. The second kappa shape index (κ2) is 11.5. The molecule has 0 aliphatic heterocycles. The Morgan fingerprint density at radius 2 is 0.886 bits per heavy atom. The Morgan fingerprint density at radius 3 is 1.59 bits per heavy atom. The van der Waals surface area contributed by atoms with Crippen LogP contribution >= 0.6 is 0 Å². The van der Waals surface area contributed by atoms with Crippen molar-refractivity contribution < 1.29 is 0 Å². The number of aromatic nitrogens is 3. The minimum atomic E-state index is -1.34. The summed E-state index contributed by atoms with van der Waals surface area (Å²) < 4.78 is 0. The Hall–Kier alpha value is -5.19. The summed E-state index contributed by atoms with van der Waals surface area (Å²) in [7, 11) is -1.34. The van der Waals surface area contributed by atoms with E-state index in [1.807, 2.05) is 30.3 Å². The molecule has 3 nitrogen and oxygen atoms in total. The molecule has 0 aliphatic rings. The number of benzene rings is 6. The molecule has 0 aliphatic carbocycles. The first-order valence-electron chi connectivity index (χ1n) is 15.0. The number of nitrogens with zero attached hydrogens (tertiary/aromatic N) is 3. The van der Waals surface area contributed by atoms with Gasteiger partial charge in [0, 0.05) is 16.7 Å². The molecule has 0 bridgehead atoms. The Kier molecular flexibility index (Phi) is 7.21. The Morgan fingerprint density at radius 1 is 0.386 bits per heavy atom. The molecular formula is C40H33N3Si. The number of fused-ring (bicyclic) bond motifs is 1. The Balaban J connectivity index is 1.31. The Bertz CT molecular complexity index is 2090. The van der Waals surface area contributed by atoms with Gasteiger partial charge in [-0.25, -0.2) is 15.0 Å². The highest BCUT2D eigenvalue weighted by Gasteiger charge is 2.17. The van der Waals surface area contributed by atoms with Gasteiger partial charge in [-0.15, -0.1) is 0 Å². The summed E-state index contributed by atoms with van der Waals surface area (Å²) in [4.78, 5) is 15.0. The monoisotopic (exact) mass is 583 g/mol. The van der Waals surface area contributed by atoms with Gasteiger partial charge in [0.15, 0.2) is 17.5 Å². The van der Waals surface area contributed by atoms with Gasteiger partial charge in [0.1, 0.15) is 0 Å². The topological polar surface area (TPSA) is 38.7 Å². The van der Waals surface area contributed by atoms with Crippen LogP contribution in [0.3, 0.4) is 0 Å². The first kappa shape index (κ1) is 27.6. The van der Waals surface area contributed by atoms with Crippen molar-refractivity contribution in [1.82, 2.24) is 15.0 Å². The van der Waals surface area contributed by atoms with Crippen molar-refractivity contribution >= 4 is 24.0 Å². The summed E-state index contributed by atoms with van der Waals surface area (Å²) in [6, 6.07) is 51.2. The molecule has 0 radical (unpaired) electrons. The normalized spacial score (nSPS) is 11.5. The van der Waals surface area contributed by atoms with Gasteiger partial charge in [-0.2, -0.15) is 0 Å². The highest BCUT2D eigenvalue weighted by Crippen LogP contribution is 2.32. The summed E-state index contributed by atoms with van der Waals surface area (Å²) in [5, 5.41) is 3.75. The predicted octanol–water partition coefficient (Wildman–Crippen LogP) is 9.90. The van der Waals surface area contributed by atoms with Crippen LogP contribution in [-0.4, -0.2) is 23.0 Å². The molecule has 44 heavy (non-hydrogen) atoms. The molecule has 0 saturated carbocycles. The second-order valence-electron chi connectivity index (χ2n) is 12.2. The van der Waals surface area contributed by atoms with Crippen LogP contribution in [0.5, 0.6) is 0 Å². The van der Waals surface area contributed by atoms with Gasteiger partial charge in [-0.05, 0) is 45.2 Å². The standard InChI is InChI=1S/C40H33N3Si/c1-44(2,3)35-24-22-28(23-25-35)31-16-9-17-32(26-31)33-18-10-19-34(27-33)39-41-38(30-13-5-4-6-14-30)42-40(43-39)37-21-11-15-29-12-7-8-20-36(29)37/h4-27H,1-3H3. The molecule has 0 N–H and O–H groups in total. The van der Waals surface area contributed by atoms with Crippen LogP contribution in [0.4, 0.5) is 0 Å². The lowest BCUT2D eigenvalue weighted by molar-refractivity contribution is 1.08. The van der Waals surface area contributed by atoms with E-state index in [0.717, 1.165) is 38.6 Å². The third kappa shape index (κ3) is 5.60. The lowest BCUT2D eigenvalue weighted by Crippen LogP contribution is -2.37. The van der Waals surface area contributed by atoms with E-state index in [1.54, 1.807) is 0 Å². The molecule has 0 saturated heterocycles. The van der Waals surface area contributed by atoms with Crippen molar-refractivity contribution in [3.63, 3.8) is 0 Å². The van der Waals surface area contributed by atoms with Crippen LogP contribution in [0.15, 0.2) is 146 Å². The van der Waals surface area contributed by atoms with Crippen molar-refractivity contribution in [2.45, 2.75) is 19.6 Å². The lowest BCUT2D eigenvalue weighted by Gasteiger charge is -2.17. The number of hydrogen-bond donors (Lipinski definition) is 0. The zero-order chi connectivity index (χ0) is 30.1. The van der Waals surface area contributed by atoms with E-state index in [2.05, 4.69) is 135 Å². The first-order chi connectivity index (χ1) is 21.4. The zero-order valence-corrected chi connectivity index (χ0v) is 26.2. The van der Waals surface area contributed by atoms with Gasteiger partial charge in [0.05, 0.1) is 8.07 Å². The van der Waals surface area contributed by atoms with Crippen molar-refractivity contribution in [3.8, 4) is 56.4 Å². The average molecular weight is 584 g/mol. The quantitative estimate of drug-likeness (QED) is 0.183. The zero-order valence-electron chi connectivity index (χ0n) is 25.2. The molecule has 1 heterocycles. The van der Waals surface area contributed by atoms with E-state index in [0.29, 0.717) is 17.5 Å². The predicted molar refractivity (Wildman–Crippen MR) is 187 cm³/mol. The minimum absolute atomic E-state index is 0.654. The van der Waals surface area contributed by atoms with Gasteiger partial charge >= 0.3 is 0 Å². The molecule has 6 aromatic carbocycles. The van der Waals surface area contributed by atoms with Crippen LogP contribution in [0.2, 0.25) is 19.6 Å². The fraction of sp³-hybridized carbons (Fsp3) is 0.0750. The molecule has 1 aromatic heterocycles. The van der Waals surface area contributed by atoms with E-state index in [4.69, 9.17) is 15.0 Å². The molecule has 7 rings (SSSR count). The van der Waals surface area contributed by atoms with Gasteiger partial charge < -0.3 is 0 Å². The molecular weight excluding hydrogens is 551 g/mol. The van der Waals surface area contributed by atoms with Crippen LogP contribution in [0, 0.1) is 0 Å². The maximum absolute atomic E-state index is 5.06. The molecule has 0 spiro atoms. The molecule has 4 heteroatoms. The van der Waals surface area contributed by atoms with Gasteiger partial charge in [0.2, 0.25) is 0 Å². The fourth-order valence-corrected chi connectivity index (χ4v) is 6.81. The van der Waals surface area contributed by atoms with E-state index < -0.39 is 8.07 Å².